The van der Waals surface area contributed by atoms with Crippen molar-refractivity contribution in [3.05, 3.63) is 36.0 Å². The summed E-state index contributed by atoms with van der Waals surface area (Å²) >= 11 is 0. The van der Waals surface area contributed by atoms with E-state index in [9.17, 15) is 4.79 Å². The molecule has 7 nitrogen and oxygen atoms in total. The first-order valence-corrected chi connectivity index (χ1v) is 8.74. The van der Waals surface area contributed by atoms with Crippen molar-refractivity contribution >= 4 is 5.91 Å². The molecule has 4 rings (SSSR count). The maximum Gasteiger partial charge on any atom is 0.267 e. The minimum Gasteiger partial charge on any atom is -0.485 e. The number of hydrogen-bond acceptors (Lipinski definition) is 6. The van der Waals surface area contributed by atoms with Crippen molar-refractivity contribution in [1.82, 2.24) is 15.0 Å². The number of nitrogens with zero attached hydrogens (tertiary/aromatic N) is 3. The average Bonchev–Trinajstić information content (AvgIpc) is 3.16. The smallest absolute Gasteiger partial charge is 0.267 e. The number of amides is 1. The maximum atomic E-state index is 12.9. The van der Waals surface area contributed by atoms with E-state index < -0.39 is 6.10 Å². The van der Waals surface area contributed by atoms with Crippen LogP contribution in [-0.4, -0.2) is 46.7 Å². The molecule has 2 aliphatic rings. The SMILES string of the molecule is CCc1noc([C@@H]2CCCN(C(=O)[C@H]3COc4ccccc4O3)C2)n1. The van der Waals surface area contributed by atoms with E-state index in [4.69, 9.17) is 14.0 Å². The van der Waals surface area contributed by atoms with Crippen LogP contribution in [0.5, 0.6) is 11.5 Å². The van der Waals surface area contributed by atoms with Gasteiger partial charge in [-0.1, -0.05) is 24.2 Å². The van der Waals surface area contributed by atoms with Crippen LogP contribution in [-0.2, 0) is 11.2 Å². The van der Waals surface area contributed by atoms with E-state index in [0.29, 0.717) is 36.3 Å². The Morgan fingerprint density at radius 3 is 2.96 bits per heavy atom. The van der Waals surface area contributed by atoms with Crippen molar-refractivity contribution in [1.29, 1.82) is 0 Å². The molecule has 7 heteroatoms. The minimum absolute atomic E-state index is 0.0468. The van der Waals surface area contributed by atoms with Gasteiger partial charge in [-0.2, -0.15) is 4.98 Å². The van der Waals surface area contributed by atoms with Gasteiger partial charge < -0.3 is 18.9 Å². The number of likely N-dealkylation sites (tertiary alicyclic amines) is 1. The Morgan fingerprint density at radius 2 is 2.16 bits per heavy atom. The zero-order valence-electron chi connectivity index (χ0n) is 14.2. The van der Waals surface area contributed by atoms with Gasteiger partial charge in [0.1, 0.15) is 6.61 Å². The summed E-state index contributed by atoms with van der Waals surface area (Å²) in [5.74, 6) is 2.67. The molecule has 0 radical (unpaired) electrons. The molecular weight excluding hydrogens is 322 g/mol. The molecule has 0 saturated carbocycles. The molecule has 2 atom stereocenters. The second-order valence-corrected chi connectivity index (χ2v) is 6.39. The largest absolute Gasteiger partial charge is 0.485 e. The molecule has 0 unspecified atom stereocenters. The lowest BCUT2D eigenvalue weighted by Gasteiger charge is -2.35. The van der Waals surface area contributed by atoms with Crippen LogP contribution in [0.3, 0.4) is 0 Å². The number of piperidine rings is 1. The average molecular weight is 343 g/mol. The van der Waals surface area contributed by atoms with Crippen molar-refractivity contribution in [2.24, 2.45) is 0 Å². The summed E-state index contributed by atoms with van der Waals surface area (Å²) in [5, 5.41) is 3.96. The molecule has 0 bridgehead atoms. The molecular formula is C18H21N3O4. The third kappa shape index (κ3) is 3.18. The molecule has 2 aliphatic heterocycles. The second-order valence-electron chi connectivity index (χ2n) is 6.39. The summed E-state index contributed by atoms with van der Waals surface area (Å²) in [6, 6.07) is 7.41. The predicted octanol–water partition coefficient (Wildman–Crippen LogP) is 2.18. The topological polar surface area (TPSA) is 77.7 Å². The fourth-order valence-electron chi connectivity index (χ4n) is 3.30. The number of carbonyl (C=O) groups is 1. The molecule has 25 heavy (non-hydrogen) atoms. The number of rotatable bonds is 3. The minimum atomic E-state index is -0.609. The highest BCUT2D eigenvalue weighted by atomic mass is 16.6. The molecule has 132 valence electrons. The summed E-state index contributed by atoms with van der Waals surface area (Å²) in [4.78, 5) is 19.1. The van der Waals surface area contributed by atoms with Gasteiger partial charge >= 0.3 is 0 Å². The number of hydrogen-bond donors (Lipinski definition) is 0. The Hall–Kier alpha value is -2.57. The molecule has 1 saturated heterocycles. The lowest BCUT2D eigenvalue weighted by molar-refractivity contribution is -0.142. The maximum absolute atomic E-state index is 12.9. The highest BCUT2D eigenvalue weighted by Crippen LogP contribution is 2.32. The number of aryl methyl sites for hydroxylation is 1. The first kappa shape index (κ1) is 15.9. The van der Waals surface area contributed by atoms with Gasteiger partial charge in [-0.15, -0.1) is 0 Å². The van der Waals surface area contributed by atoms with Crippen LogP contribution < -0.4 is 9.47 Å². The Labute approximate surface area is 145 Å². The predicted molar refractivity (Wildman–Crippen MR) is 88.6 cm³/mol. The first-order chi connectivity index (χ1) is 12.2. The second kappa shape index (κ2) is 6.74. The van der Waals surface area contributed by atoms with E-state index in [1.165, 1.54) is 0 Å². The van der Waals surface area contributed by atoms with Gasteiger partial charge in [0, 0.05) is 19.5 Å². The van der Waals surface area contributed by atoms with Crippen LogP contribution in [0.2, 0.25) is 0 Å². The third-order valence-electron chi connectivity index (χ3n) is 4.67. The molecule has 0 N–H and O–H groups in total. The van der Waals surface area contributed by atoms with Gasteiger partial charge in [-0.25, -0.2) is 0 Å². The summed E-state index contributed by atoms with van der Waals surface area (Å²) in [6.45, 7) is 3.51. The normalized spacial score (nSPS) is 22.7. The number of carbonyl (C=O) groups excluding carboxylic acids is 1. The molecule has 0 aliphatic carbocycles. The van der Waals surface area contributed by atoms with Crippen molar-refractivity contribution < 1.29 is 18.8 Å². The molecule has 2 aromatic rings. The van der Waals surface area contributed by atoms with Crippen LogP contribution in [0.4, 0.5) is 0 Å². The van der Waals surface area contributed by atoms with E-state index >= 15 is 0 Å². The molecule has 1 amide bonds. The Morgan fingerprint density at radius 1 is 1.32 bits per heavy atom. The van der Waals surface area contributed by atoms with Crippen LogP contribution in [0.1, 0.15) is 37.4 Å². The lowest BCUT2D eigenvalue weighted by atomic mass is 9.97. The van der Waals surface area contributed by atoms with E-state index in [1.54, 1.807) is 0 Å². The lowest BCUT2D eigenvalue weighted by Crippen LogP contribution is -2.49. The summed E-state index contributed by atoms with van der Waals surface area (Å²) < 4.78 is 16.9. The number of benzene rings is 1. The Kier molecular flexibility index (Phi) is 4.29. The monoisotopic (exact) mass is 343 g/mol. The van der Waals surface area contributed by atoms with E-state index in [2.05, 4.69) is 10.1 Å². The molecule has 1 aromatic carbocycles. The standard InChI is InChI=1S/C18H21N3O4/c1-2-16-19-17(25-20-16)12-6-5-9-21(10-12)18(22)15-11-23-13-7-3-4-8-14(13)24-15/h3-4,7-8,12,15H,2,5-6,9-11H2,1H3/t12-,15-/m1/s1. The van der Waals surface area contributed by atoms with Crippen LogP contribution in [0.25, 0.3) is 0 Å². The van der Waals surface area contributed by atoms with E-state index in [0.717, 1.165) is 19.3 Å². The van der Waals surface area contributed by atoms with Crippen molar-refractivity contribution in [3.63, 3.8) is 0 Å². The number of para-hydroxylation sites is 2. The first-order valence-electron chi connectivity index (χ1n) is 8.74. The van der Waals surface area contributed by atoms with Gasteiger partial charge in [-0.3, -0.25) is 4.79 Å². The fourth-order valence-corrected chi connectivity index (χ4v) is 3.30. The van der Waals surface area contributed by atoms with Crippen molar-refractivity contribution in [3.8, 4) is 11.5 Å². The van der Waals surface area contributed by atoms with Gasteiger partial charge in [0.15, 0.2) is 17.3 Å². The zero-order valence-corrected chi connectivity index (χ0v) is 14.2. The number of fused-ring (bicyclic) bond motifs is 1. The van der Waals surface area contributed by atoms with E-state index in [-0.39, 0.29) is 18.4 Å². The Balaban J connectivity index is 1.43. The number of aromatic nitrogens is 2. The van der Waals surface area contributed by atoms with Crippen LogP contribution >= 0.6 is 0 Å². The van der Waals surface area contributed by atoms with Crippen LogP contribution in [0.15, 0.2) is 28.8 Å². The summed E-state index contributed by atoms with van der Waals surface area (Å²) in [5.41, 5.74) is 0. The Bertz CT molecular complexity index is 760. The zero-order chi connectivity index (χ0) is 17.2. The van der Waals surface area contributed by atoms with Crippen LogP contribution in [0, 0.1) is 0 Å². The van der Waals surface area contributed by atoms with Crippen molar-refractivity contribution in [2.45, 2.75) is 38.2 Å². The summed E-state index contributed by atoms with van der Waals surface area (Å²) in [6.07, 6.45) is 1.98. The summed E-state index contributed by atoms with van der Waals surface area (Å²) in [7, 11) is 0. The highest BCUT2D eigenvalue weighted by molar-refractivity contribution is 5.82. The molecule has 1 aromatic heterocycles. The highest BCUT2D eigenvalue weighted by Gasteiger charge is 2.35. The van der Waals surface area contributed by atoms with Gasteiger partial charge in [0.25, 0.3) is 5.91 Å². The van der Waals surface area contributed by atoms with Gasteiger partial charge in [0.05, 0.1) is 5.92 Å². The molecule has 3 heterocycles. The third-order valence-corrected chi connectivity index (χ3v) is 4.67. The van der Waals surface area contributed by atoms with Gasteiger partial charge in [-0.05, 0) is 25.0 Å². The fraction of sp³-hybridized carbons (Fsp3) is 0.500. The molecule has 0 spiro atoms. The van der Waals surface area contributed by atoms with Crippen molar-refractivity contribution in [2.75, 3.05) is 19.7 Å². The quantitative estimate of drug-likeness (QED) is 0.850. The number of ether oxygens (including phenoxy) is 2. The van der Waals surface area contributed by atoms with Gasteiger partial charge in [0.2, 0.25) is 12.0 Å². The van der Waals surface area contributed by atoms with E-state index in [1.807, 2.05) is 36.1 Å². The molecule has 1 fully saturated rings.